The highest BCUT2D eigenvalue weighted by Crippen LogP contribution is 2.16. The molecule has 25 heavy (non-hydrogen) atoms. The number of H-pyrrole nitrogens is 1. The van der Waals surface area contributed by atoms with Crippen LogP contribution >= 0.6 is 0 Å². The van der Waals surface area contributed by atoms with E-state index in [4.69, 9.17) is 4.74 Å². The van der Waals surface area contributed by atoms with Gasteiger partial charge < -0.3 is 15.0 Å². The maximum Gasteiger partial charge on any atom is 0.337 e. The summed E-state index contributed by atoms with van der Waals surface area (Å²) in [6.45, 7) is 1.39. The maximum atomic E-state index is 12.6. The Hall–Kier alpha value is -2.87. The predicted octanol–water partition coefficient (Wildman–Crippen LogP) is 1.00. The summed E-state index contributed by atoms with van der Waals surface area (Å²) < 4.78 is 8.09. The molecule has 2 aromatic heterocycles. The Bertz CT molecular complexity index is 1010. The summed E-state index contributed by atoms with van der Waals surface area (Å²) in [6.07, 6.45) is 2.21. The number of hydrogen-bond acceptors (Lipinski definition) is 5. The number of anilines is 1. The van der Waals surface area contributed by atoms with E-state index in [0.29, 0.717) is 29.3 Å². The summed E-state index contributed by atoms with van der Waals surface area (Å²) in [5, 5.41) is 3.17. The van der Waals surface area contributed by atoms with E-state index >= 15 is 0 Å². The molecule has 2 N–H and O–H groups in total. The second kappa shape index (κ2) is 6.21. The van der Waals surface area contributed by atoms with Crippen LogP contribution in [0, 0.1) is 0 Å². The molecule has 1 fully saturated rings. The first-order valence-corrected chi connectivity index (χ1v) is 8.28. The minimum atomic E-state index is -0.430. The lowest BCUT2D eigenvalue weighted by Crippen LogP contribution is -2.37. The van der Waals surface area contributed by atoms with Crippen molar-refractivity contribution < 1.29 is 4.74 Å². The fourth-order valence-corrected chi connectivity index (χ4v) is 3.08. The summed E-state index contributed by atoms with van der Waals surface area (Å²) in [6, 6.07) is 9.15. The Morgan fingerprint density at radius 2 is 2.12 bits per heavy atom. The predicted molar refractivity (Wildman–Crippen MR) is 94.4 cm³/mol. The van der Waals surface area contributed by atoms with E-state index in [9.17, 15) is 9.59 Å². The standard InChI is InChI=1S/C17H19N5O3/c1-21-15(23)13-14(22(17(21)24)11-6-3-2-4-7-11)20-16(19-13)18-10-12-8-5-9-25-12/h2-4,6-7,12H,5,8-10H2,1H3,(H2,18,19,20)/t12-/m0/s1. The van der Waals surface area contributed by atoms with Crippen LogP contribution in [0.2, 0.25) is 0 Å². The number of fused-ring (bicyclic) bond motifs is 1. The van der Waals surface area contributed by atoms with Crippen molar-refractivity contribution in [2.45, 2.75) is 18.9 Å². The van der Waals surface area contributed by atoms with Gasteiger partial charge in [0.1, 0.15) is 0 Å². The van der Waals surface area contributed by atoms with Crippen LogP contribution in [0.15, 0.2) is 39.9 Å². The van der Waals surface area contributed by atoms with E-state index < -0.39 is 11.2 Å². The molecule has 8 heteroatoms. The van der Waals surface area contributed by atoms with Crippen LogP contribution in [0.4, 0.5) is 5.95 Å². The highest BCUT2D eigenvalue weighted by atomic mass is 16.5. The van der Waals surface area contributed by atoms with E-state index in [2.05, 4.69) is 15.3 Å². The topological polar surface area (TPSA) is 93.9 Å². The molecule has 8 nitrogen and oxygen atoms in total. The van der Waals surface area contributed by atoms with Crippen LogP contribution in [0.5, 0.6) is 0 Å². The highest BCUT2D eigenvalue weighted by molar-refractivity contribution is 5.74. The number of imidazole rings is 1. The van der Waals surface area contributed by atoms with Gasteiger partial charge in [-0.1, -0.05) is 18.2 Å². The van der Waals surface area contributed by atoms with Gasteiger partial charge in [0.15, 0.2) is 11.2 Å². The van der Waals surface area contributed by atoms with Gasteiger partial charge in [-0.05, 0) is 25.0 Å². The van der Waals surface area contributed by atoms with Crippen LogP contribution in [0.3, 0.4) is 0 Å². The van der Waals surface area contributed by atoms with Gasteiger partial charge in [0.25, 0.3) is 5.56 Å². The van der Waals surface area contributed by atoms with Crippen molar-refractivity contribution in [1.82, 2.24) is 19.1 Å². The van der Waals surface area contributed by atoms with Crippen molar-refractivity contribution in [3.05, 3.63) is 51.2 Å². The molecule has 0 aliphatic carbocycles. The molecule has 3 heterocycles. The molecule has 0 unspecified atom stereocenters. The lowest BCUT2D eigenvalue weighted by atomic mass is 10.2. The summed E-state index contributed by atoms with van der Waals surface area (Å²) in [5.41, 5.74) is 0.436. The van der Waals surface area contributed by atoms with Crippen molar-refractivity contribution >= 4 is 17.1 Å². The number of benzene rings is 1. The Balaban J connectivity index is 1.81. The summed E-state index contributed by atoms with van der Waals surface area (Å²) in [4.78, 5) is 32.5. The maximum absolute atomic E-state index is 12.6. The van der Waals surface area contributed by atoms with E-state index in [1.807, 2.05) is 18.2 Å². The molecule has 130 valence electrons. The van der Waals surface area contributed by atoms with Gasteiger partial charge in [-0.25, -0.2) is 9.36 Å². The highest BCUT2D eigenvalue weighted by Gasteiger charge is 2.19. The first kappa shape index (κ1) is 15.6. The van der Waals surface area contributed by atoms with Gasteiger partial charge >= 0.3 is 5.69 Å². The molecule has 0 amide bonds. The number of hydrogen-bond donors (Lipinski definition) is 2. The molecule has 3 aromatic rings. The first-order valence-electron chi connectivity index (χ1n) is 8.28. The Kier molecular flexibility index (Phi) is 3.89. The van der Waals surface area contributed by atoms with Gasteiger partial charge in [0.05, 0.1) is 11.8 Å². The first-order chi connectivity index (χ1) is 12.1. The van der Waals surface area contributed by atoms with Crippen molar-refractivity contribution in [2.24, 2.45) is 7.05 Å². The minimum Gasteiger partial charge on any atom is -0.376 e. The van der Waals surface area contributed by atoms with E-state index in [-0.39, 0.29) is 6.10 Å². The molecule has 1 atom stereocenters. The minimum absolute atomic E-state index is 0.146. The third-order valence-corrected chi connectivity index (χ3v) is 4.43. The average Bonchev–Trinajstić information content (AvgIpc) is 3.29. The van der Waals surface area contributed by atoms with E-state index in [1.165, 1.54) is 11.6 Å². The summed E-state index contributed by atoms with van der Waals surface area (Å²) >= 11 is 0. The SMILES string of the molecule is Cn1c(=O)c2[nH]c(NC[C@@H]3CCCO3)nc2n(-c2ccccc2)c1=O. The molecule has 0 saturated carbocycles. The van der Waals surface area contributed by atoms with Gasteiger partial charge in [-0.3, -0.25) is 9.36 Å². The second-order valence-corrected chi connectivity index (χ2v) is 6.12. The molecule has 1 aliphatic heterocycles. The molecule has 0 spiro atoms. The average molecular weight is 341 g/mol. The number of nitrogens with one attached hydrogen (secondary N) is 2. The van der Waals surface area contributed by atoms with Crippen LogP contribution in [-0.2, 0) is 11.8 Å². The summed E-state index contributed by atoms with van der Waals surface area (Å²) in [7, 11) is 1.46. The number of rotatable bonds is 4. The molecule has 1 aromatic carbocycles. The zero-order chi connectivity index (χ0) is 17.4. The van der Waals surface area contributed by atoms with Gasteiger partial charge in [0, 0.05) is 20.2 Å². The smallest absolute Gasteiger partial charge is 0.337 e. The summed E-state index contributed by atoms with van der Waals surface area (Å²) in [5.74, 6) is 0.456. The van der Waals surface area contributed by atoms with Crippen LogP contribution in [0.1, 0.15) is 12.8 Å². The quantitative estimate of drug-likeness (QED) is 0.738. The Morgan fingerprint density at radius 1 is 1.32 bits per heavy atom. The monoisotopic (exact) mass is 341 g/mol. The number of nitrogens with zero attached hydrogens (tertiary/aromatic N) is 3. The third-order valence-electron chi connectivity index (χ3n) is 4.43. The number of para-hydroxylation sites is 1. The molecular weight excluding hydrogens is 322 g/mol. The molecule has 0 radical (unpaired) electrons. The van der Waals surface area contributed by atoms with E-state index in [1.54, 1.807) is 12.1 Å². The van der Waals surface area contributed by atoms with Crippen molar-refractivity contribution in [1.29, 1.82) is 0 Å². The van der Waals surface area contributed by atoms with Gasteiger partial charge in [-0.2, -0.15) is 4.98 Å². The fraction of sp³-hybridized carbons (Fsp3) is 0.353. The molecule has 1 aliphatic rings. The van der Waals surface area contributed by atoms with Gasteiger partial charge in [0.2, 0.25) is 5.95 Å². The van der Waals surface area contributed by atoms with E-state index in [0.717, 1.165) is 24.0 Å². The molecule has 1 saturated heterocycles. The fourth-order valence-electron chi connectivity index (χ4n) is 3.08. The lowest BCUT2D eigenvalue weighted by molar-refractivity contribution is 0.120. The number of ether oxygens (including phenoxy) is 1. The Morgan fingerprint density at radius 3 is 2.84 bits per heavy atom. The number of aromatic nitrogens is 4. The van der Waals surface area contributed by atoms with Gasteiger partial charge in [-0.15, -0.1) is 0 Å². The largest absolute Gasteiger partial charge is 0.376 e. The molecular formula is C17H19N5O3. The lowest BCUT2D eigenvalue weighted by Gasteiger charge is -2.09. The second-order valence-electron chi connectivity index (χ2n) is 6.12. The molecule has 4 rings (SSSR count). The van der Waals surface area contributed by atoms with Crippen molar-refractivity contribution in [3.8, 4) is 5.69 Å². The zero-order valence-corrected chi connectivity index (χ0v) is 13.9. The zero-order valence-electron chi connectivity index (χ0n) is 13.9. The third kappa shape index (κ3) is 2.74. The van der Waals surface area contributed by atoms with Crippen LogP contribution in [-0.4, -0.2) is 38.4 Å². The molecule has 0 bridgehead atoms. The van der Waals surface area contributed by atoms with Crippen LogP contribution < -0.4 is 16.6 Å². The van der Waals surface area contributed by atoms with Crippen LogP contribution in [0.25, 0.3) is 16.9 Å². The normalized spacial score (nSPS) is 17.2. The van der Waals surface area contributed by atoms with Crippen molar-refractivity contribution in [2.75, 3.05) is 18.5 Å². The number of aromatic amines is 1. The van der Waals surface area contributed by atoms with Crippen molar-refractivity contribution in [3.63, 3.8) is 0 Å². The Labute approximate surface area is 143 Å².